The van der Waals surface area contributed by atoms with E-state index in [1.54, 1.807) is 13.1 Å². The first-order valence-electron chi connectivity index (χ1n) is 5.48. The van der Waals surface area contributed by atoms with Crippen LogP contribution in [0.5, 0.6) is 0 Å². The molecule has 4 nitrogen and oxygen atoms in total. The van der Waals surface area contributed by atoms with Gasteiger partial charge in [-0.2, -0.15) is 0 Å². The molecule has 0 bridgehead atoms. The van der Waals surface area contributed by atoms with Crippen LogP contribution < -0.4 is 10.6 Å². The number of hydrogen-bond acceptors (Lipinski definition) is 4. The van der Waals surface area contributed by atoms with Crippen molar-refractivity contribution in [2.45, 2.75) is 12.5 Å². The van der Waals surface area contributed by atoms with Crippen LogP contribution in [0.1, 0.15) is 6.42 Å². The Morgan fingerprint density at radius 3 is 2.72 bits per heavy atom. The zero-order valence-electron chi connectivity index (χ0n) is 9.86. The molecular formula is C11H14BrFN2O2S. The van der Waals surface area contributed by atoms with Crippen LogP contribution >= 0.6 is 15.9 Å². The predicted octanol–water partition coefficient (Wildman–Crippen LogP) is 1.79. The lowest BCUT2D eigenvalue weighted by Crippen LogP contribution is -2.33. The van der Waals surface area contributed by atoms with Crippen molar-refractivity contribution in [1.29, 1.82) is 0 Å². The van der Waals surface area contributed by atoms with Crippen LogP contribution in [0.2, 0.25) is 0 Å². The summed E-state index contributed by atoms with van der Waals surface area (Å²) >= 11 is 3.10. The molecule has 0 spiro atoms. The van der Waals surface area contributed by atoms with Crippen LogP contribution in [0.15, 0.2) is 16.6 Å². The Balaban J connectivity index is 2.30. The fourth-order valence-electron chi connectivity index (χ4n) is 2.13. The van der Waals surface area contributed by atoms with Gasteiger partial charge in [-0.05, 0) is 28.4 Å². The highest BCUT2D eigenvalue weighted by Gasteiger charge is 2.31. The lowest BCUT2D eigenvalue weighted by Gasteiger charge is -2.27. The van der Waals surface area contributed by atoms with Crippen molar-refractivity contribution < 1.29 is 12.8 Å². The van der Waals surface area contributed by atoms with Crippen LogP contribution in [0, 0.1) is 5.82 Å². The first kappa shape index (κ1) is 13.6. The average molecular weight is 337 g/mol. The summed E-state index contributed by atoms with van der Waals surface area (Å²) in [5.41, 5.74) is 6.73. The molecular weight excluding hydrogens is 323 g/mol. The highest BCUT2D eigenvalue weighted by atomic mass is 79.9. The zero-order valence-corrected chi connectivity index (χ0v) is 12.3. The molecule has 0 aromatic heterocycles. The summed E-state index contributed by atoms with van der Waals surface area (Å²) in [5.74, 6) is -0.105. The van der Waals surface area contributed by atoms with Gasteiger partial charge in [0.2, 0.25) is 0 Å². The number of rotatable bonds is 2. The molecule has 0 saturated carbocycles. The monoisotopic (exact) mass is 336 g/mol. The average Bonchev–Trinajstić information content (AvgIpc) is 2.63. The Morgan fingerprint density at radius 2 is 2.17 bits per heavy atom. The summed E-state index contributed by atoms with van der Waals surface area (Å²) < 4.78 is 36.5. The van der Waals surface area contributed by atoms with Gasteiger partial charge in [0.15, 0.2) is 9.84 Å². The van der Waals surface area contributed by atoms with Crippen LogP contribution in [0.4, 0.5) is 15.8 Å². The van der Waals surface area contributed by atoms with E-state index in [4.69, 9.17) is 5.73 Å². The van der Waals surface area contributed by atoms with E-state index in [9.17, 15) is 12.8 Å². The molecule has 1 unspecified atom stereocenters. The normalized spacial score (nSPS) is 22.1. The van der Waals surface area contributed by atoms with Crippen molar-refractivity contribution in [2.24, 2.45) is 0 Å². The maximum atomic E-state index is 13.3. The maximum absolute atomic E-state index is 13.3. The third-order valence-corrected chi connectivity index (χ3v) is 5.56. The molecule has 1 saturated heterocycles. The van der Waals surface area contributed by atoms with E-state index >= 15 is 0 Å². The fourth-order valence-corrected chi connectivity index (χ4v) is 4.24. The summed E-state index contributed by atoms with van der Waals surface area (Å²) in [5, 5.41) is 0. The molecule has 1 aliphatic rings. The Morgan fingerprint density at radius 1 is 1.50 bits per heavy atom. The third kappa shape index (κ3) is 2.61. The van der Waals surface area contributed by atoms with Crippen LogP contribution in [-0.2, 0) is 9.84 Å². The topological polar surface area (TPSA) is 63.4 Å². The Labute approximate surface area is 114 Å². The summed E-state index contributed by atoms with van der Waals surface area (Å²) in [4.78, 5) is 1.81. The number of anilines is 2. The van der Waals surface area contributed by atoms with Gasteiger partial charge in [-0.1, -0.05) is 0 Å². The minimum absolute atomic E-state index is 0.102. The number of halogens is 2. The molecule has 1 fully saturated rings. The van der Waals surface area contributed by atoms with E-state index in [1.165, 1.54) is 6.07 Å². The molecule has 0 aliphatic carbocycles. The lowest BCUT2D eigenvalue weighted by molar-refractivity contribution is 0.600. The van der Waals surface area contributed by atoms with Gasteiger partial charge in [-0.15, -0.1) is 0 Å². The minimum atomic E-state index is -2.95. The second-order valence-corrected chi connectivity index (χ2v) is 7.58. The molecule has 1 aliphatic heterocycles. The van der Waals surface area contributed by atoms with Gasteiger partial charge in [-0.25, -0.2) is 12.8 Å². The van der Waals surface area contributed by atoms with E-state index in [0.29, 0.717) is 22.3 Å². The Hall–Kier alpha value is -0.820. The Bertz CT molecular complexity index is 577. The number of nitrogen functional groups attached to an aromatic ring is 1. The van der Waals surface area contributed by atoms with Gasteiger partial charge in [0, 0.05) is 19.2 Å². The van der Waals surface area contributed by atoms with Crippen LogP contribution in [0.25, 0.3) is 0 Å². The molecule has 1 aromatic carbocycles. The SMILES string of the molecule is CN(c1cc(Br)c(F)cc1N)C1CCS(=O)(=O)C1. The quantitative estimate of drug-likeness (QED) is 0.836. The summed E-state index contributed by atoms with van der Waals surface area (Å²) in [6.07, 6.45) is 0.577. The van der Waals surface area contributed by atoms with E-state index < -0.39 is 15.7 Å². The molecule has 1 atom stereocenters. The number of sulfone groups is 1. The number of nitrogens with zero attached hydrogens (tertiary/aromatic N) is 1. The minimum Gasteiger partial charge on any atom is -0.397 e. The van der Waals surface area contributed by atoms with Gasteiger partial charge in [0.1, 0.15) is 5.82 Å². The lowest BCUT2D eigenvalue weighted by atomic mass is 10.2. The Kier molecular flexibility index (Phi) is 3.55. The first-order chi connectivity index (χ1) is 8.30. The van der Waals surface area contributed by atoms with E-state index in [-0.39, 0.29) is 17.5 Å². The molecule has 2 rings (SSSR count). The van der Waals surface area contributed by atoms with Crippen molar-refractivity contribution in [3.8, 4) is 0 Å². The molecule has 18 heavy (non-hydrogen) atoms. The van der Waals surface area contributed by atoms with Crippen molar-refractivity contribution in [3.63, 3.8) is 0 Å². The van der Waals surface area contributed by atoms with E-state index in [0.717, 1.165) is 0 Å². The highest BCUT2D eigenvalue weighted by molar-refractivity contribution is 9.10. The van der Waals surface area contributed by atoms with Gasteiger partial charge in [0.25, 0.3) is 0 Å². The fraction of sp³-hybridized carbons (Fsp3) is 0.455. The van der Waals surface area contributed by atoms with Gasteiger partial charge in [-0.3, -0.25) is 0 Å². The van der Waals surface area contributed by atoms with Crippen molar-refractivity contribution in [2.75, 3.05) is 29.2 Å². The number of nitrogens with two attached hydrogens (primary N) is 1. The standard InChI is InChI=1S/C11H14BrFN2O2S/c1-15(7-2-3-18(16,17)6-7)11-4-8(12)9(13)5-10(11)14/h4-5,7H,2-3,6,14H2,1H3. The summed E-state index contributed by atoms with van der Waals surface area (Å²) in [7, 11) is -1.17. The molecule has 1 heterocycles. The number of hydrogen-bond donors (Lipinski definition) is 1. The second kappa shape index (κ2) is 4.70. The molecule has 0 amide bonds. The molecule has 100 valence electrons. The van der Waals surface area contributed by atoms with Crippen LogP contribution in [0.3, 0.4) is 0 Å². The van der Waals surface area contributed by atoms with E-state index in [2.05, 4.69) is 15.9 Å². The summed E-state index contributed by atoms with van der Waals surface area (Å²) in [6.45, 7) is 0. The maximum Gasteiger partial charge on any atom is 0.152 e. The van der Waals surface area contributed by atoms with Gasteiger partial charge in [0.05, 0.1) is 27.4 Å². The number of benzene rings is 1. The molecule has 7 heteroatoms. The van der Waals surface area contributed by atoms with Crippen molar-refractivity contribution in [1.82, 2.24) is 0 Å². The van der Waals surface area contributed by atoms with Gasteiger partial charge < -0.3 is 10.6 Å². The molecule has 2 N–H and O–H groups in total. The largest absolute Gasteiger partial charge is 0.397 e. The van der Waals surface area contributed by atoms with Crippen molar-refractivity contribution in [3.05, 3.63) is 22.4 Å². The first-order valence-corrected chi connectivity index (χ1v) is 8.09. The van der Waals surface area contributed by atoms with E-state index in [1.807, 2.05) is 4.90 Å². The zero-order chi connectivity index (χ0) is 13.5. The van der Waals surface area contributed by atoms with Crippen molar-refractivity contribution >= 4 is 37.1 Å². The molecule has 1 aromatic rings. The van der Waals surface area contributed by atoms with Gasteiger partial charge >= 0.3 is 0 Å². The smallest absolute Gasteiger partial charge is 0.152 e. The summed E-state index contributed by atoms with van der Waals surface area (Å²) in [6, 6.07) is 2.71. The molecule has 0 radical (unpaired) electrons. The second-order valence-electron chi connectivity index (χ2n) is 4.49. The predicted molar refractivity (Wildman–Crippen MR) is 74.0 cm³/mol. The van der Waals surface area contributed by atoms with Crippen LogP contribution in [-0.4, -0.2) is 33.0 Å². The third-order valence-electron chi connectivity index (χ3n) is 3.21. The highest BCUT2D eigenvalue weighted by Crippen LogP contribution is 2.32.